The lowest BCUT2D eigenvalue weighted by atomic mass is 10.2. The van der Waals surface area contributed by atoms with E-state index in [4.69, 9.17) is 10.1 Å². The molecular weight excluding hydrogens is 190 g/mol. The number of nitrogens with zero attached hydrogens (tertiary/aromatic N) is 3. The van der Waals surface area contributed by atoms with Crippen LogP contribution in [0.25, 0.3) is 0 Å². The molecule has 0 radical (unpaired) electrons. The van der Waals surface area contributed by atoms with Crippen molar-refractivity contribution in [2.75, 3.05) is 0 Å². The van der Waals surface area contributed by atoms with Crippen LogP contribution < -0.4 is 4.84 Å². The summed E-state index contributed by atoms with van der Waals surface area (Å²) in [7, 11) is 0. The maximum atomic E-state index is 8.01. The molecule has 0 unspecified atom stereocenters. The van der Waals surface area contributed by atoms with Crippen LogP contribution in [0.15, 0.2) is 34.7 Å². The fraction of sp³-hybridized carbons (Fsp3) is 0.364. The van der Waals surface area contributed by atoms with Crippen molar-refractivity contribution in [3.05, 3.63) is 29.8 Å². The highest BCUT2D eigenvalue weighted by molar-refractivity contribution is 5.27. The van der Waals surface area contributed by atoms with Crippen LogP contribution in [0, 0.1) is 18.4 Å². The van der Waals surface area contributed by atoms with E-state index in [0.717, 1.165) is 5.56 Å². The first kappa shape index (κ1) is 13.1. The summed E-state index contributed by atoms with van der Waals surface area (Å²) >= 11 is 0. The monoisotopic (exact) mass is 205 g/mol. The SMILES string of the molecule is CCC.Cc1cccc(ON=NC#N)c1. The van der Waals surface area contributed by atoms with Crippen LogP contribution in [-0.2, 0) is 0 Å². The normalized spacial score (nSPS) is 8.93. The van der Waals surface area contributed by atoms with Gasteiger partial charge in [-0.2, -0.15) is 5.26 Å². The third kappa shape index (κ3) is 7.20. The molecule has 15 heavy (non-hydrogen) atoms. The van der Waals surface area contributed by atoms with Gasteiger partial charge in [-0.3, -0.25) is 0 Å². The van der Waals surface area contributed by atoms with E-state index in [2.05, 4.69) is 24.2 Å². The summed E-state index contributed by atoms with van der Waals surface area (Å²) in [6, 6.07) is 7.32. The van der Waals surface area contributed by atoms with E-state index in [-0.39, 0.29) is 0 Å². The molecule has 1 aromatic carbocycles. The molecule has 0 fully saturated rings. The molecule has 0 saturated carbocycles. The third-order valence-electron chi connectivity index (χ3n) is 1.22. The van der Waals surface area contributed by atoms with Crippen LogP contribution in [0.2, 0.25) is 0 Å². The van der Waals surface area contributed by atoms with Gasteiger partial charge in [-0.15, -0.1) is 0 Å². The minimum atomic E-state index is 0.578. The highest BCUT2D eigenvalue weighted by Gasteiger charge is 1.90. The van der Waals surface area contributed by atoms with Gasteiger partial charge in [0.2, 0.25) is 6.19 Å². The predicted molar refractivity (Wildman–Crippen MR) is 58.2 cm³/mol. The number of nitriles is 1. The first-order valence-corrected chi connectivity index (χ1v) is 4.77. The van der Waals surface area contributed by atoms with Crippen molar-refractivity contribution in [1.82, 2.24) is 0 Å². The summed E-state index contributed by atoms with van der Waals surface area (Å²) in [5.41, 5.74) is 1.07. The first-order chi connectivity index (χ1) is 7.24. The Morgan fingerprint density at radius 3 is 2.60 bits per heavy atom. The zero-order chi connectivity index (χ0) is 11.5. The number of benzene rings is 1. The molecule has 0 N–H and O–H groups in total. The molecule has 0 heterocycles. The second-order valence-electron chi connectivity index (χ2n) is 2.90. The quantitative estimate of drug-likeness (QED) is 0.420. The third-order valence-corrected chi connectivity index (χ3v) is 1.22. The lowest BCUT2D eigenvalue weighted by molar-refractivity contribution is 0.312. The summed E-state index contributed by atoms with van der Waals surface area (Å²) in [5.74, 6) is 0.578. The summed E-state index contributed by atoms with van der Waals surface area (Å²) in [6.45, 7) is 6.19. The molecule has 1 rings (SSSR count). The Bertz CT molecular complexity index is 342. The molecule has 0 amide bonds. The summed E-state index contributed by atoms with van der Waals surface area (Å²) in [5, 5.41) is 14.2. The molecule has 1 aromatic rings. The molecule has 80 valence electrons. The topological polar surface area (TPSA) is 57.7 Å². The van der Waals surface area contributed by atoms with Gasteiger partial charge in [-0.1, -0.05) is 32.4 Å². The summed E-state index contributed by atoms with van der Waals surface area (Å²) < 4.78 is 0. The predicted octanol–water partition coefficient (Wildman–Crippen LogP) is 3.64. The molecule has 0 saturated heterocycles. The Kier molecular flexibility index (Phi) is 7.60. The van der Waals surface area contributed by atoms with Gasteiger partial charge in [0.25, 0.3) is 0 Å². The molecule has 0 bridgehead atoms. The fourth-order valence-electron chi connectivity index (χ4n) is 0.758. The molecule has 0 aliphatic carbocycles. The number of aryl methyl sites for hydroxylation is 1. The van der Waals surface area contributed by atoms with Crippen LogP contribution in [0.5, 0.6) is 5.75 Å². The van der Waals surface area contributed by atoms with E-state index in [0.29, 0.717) is 5.75 Å². The Labute approximate surface area is 90.2 Å². The van der Waals surface area contributed by atoms with Gasteiger partial charge in [-0.25, -0.2) is 0 Å². The number of hydrogen-bond donors (Lipinski definition) is 0. The van der Waals surface area contributed by atoms with E-state index in [1.807, 2.05) is 19.1 Å². The highest BCUT2D eigenvalue weighted by atomic mass is 16.6. The smallest absolute Gasteiger partial charge is 0.228 e. The Morgan fingerprint density at radius 1 is 1.40 bits per heavy atom. The number of rotatable bonds is 2. The van der Waals surface area contributed by atoms with Crippen molar-refractivity contribution in [3.63, 3.8) is 0 Å². The Hall–Kier alpha value is -1.89. The largest absolute Gasteiger partial charge is 0.339 e. The van der Waals surface area contributed by atoms with E-state index in [1.165, 1.54) is 12.6 Å². The van der Waals surface area contributed by atoms with Crippen LogP contribution in [0.4, 0.5) is 0 Å². The van der Waals surface area contributed by atoms with Gasteiger partial charge in [0.05, 0.1) is 0 Å². The van der Waals surface area contributed by atoms with Gasteiger partial charge in [-0.05, 0) is 29.7 Å². The second kappa shape index (κ2) is 8.70. The minimum Gasteiger partial charge on any atom is -0.339 e. The van der Waals surface area contributed by atoms with Crippen molar-refractivity contribution < 1.29 is 4.84 Å². The van der Waals surface area contributed by atoms with Crippen molar-refractivity contribution in [1.29, 1.82) is 5.26 Å². The van der Waals surface area contributed by atoms with Crippen LogP contribution in [0.3, 0.4) is 0 Å². The molecule has 0 aromatic heterocycles. The molecule has 0 atom stereocenters. The van der Waals surface area contributed by atoms with Crippen LogP contribution >= 0.6 is 0 Å². The van der Waals surface area contributed by atoms with Crippen LogP contribution in [0.1, 0.15) is 25.8 Å². The van der Waals surface area contributed by atoms with Gasteiger partial charge in [0.15, 0.2) is 5.75 Å². The van der Waals surface area contributed by atoms with E-state index >= 15 is 0 Å². The van der Waals surface area contributed by atoms with Crippen molar-refractivity contribution >= 4 is 0 Å². The zero-order valence-electron chi connectivity index (χ0n) is 9.27. The van der Waals surface area contributed by atoms with E-state index < -0.39 is 0 Å². The average molecular weight is 205 g/mol. The standard InChI is InChI=1S/C8H7N3O.C3H8/c1-7-3-2-4-8(5-7)12-11-10-6-9;1-3-2/h2-5H,1H3;3H2,1-2H3. The van der Waals surface area contributed by atoms with Crippen molar-refractivity contribution in [2.45, 2.75) is 27.2 Å². The average Bonchev–Trinajstić information content (AvgIpc) is 2.19. The van der Waals surface area contributed by atoms with E-state index in [1.54, 1.807) is 12.1 Å². The van der Waals surface area contributed by atoms with E-state index in [9.17, 15) is 0 Å². The lowest BCUT2D eigenvalue weighted by Crippen LogP contribution is -1.80. The van der Waals surface area contributed by atoms with Crippen molar-refractivity contribution in [3.8, 4) is 11.9 Å². The van der Waals surface area contributed by atoms with Gasteiger partial charge in [0, 0.05) is 5.28 Å². The highest BCUT2D eigenvalue weighted by Crippen LogP contribution is 2.12. The molecule has 0 aliphatic heterocycles. The van der Waals surface area contributed by atoms with Gasteiger partial charge >= 0.3 is 0 Å². The molecular formula is C11H15N3O. The van der Waals surface area contributed by atoms with Gasteiger partial charge < -0.3 is 4.84 Å². The van der Waals surface area contributed by atoms with Crippen molar-refractivity contribution in [2.24, 2.45) is 10.4 Å². The Morgan fingerprint density at radius 2 is 2.07 bits per heavy atom. The minimum absolute atomic E-state index is 0.578. The maximum absolute atomic E-state index is 8.01. The maximum Gasteiger partial charge on any atom is 0.228 e. The molecule has 0 spiro atoms. The number of hydrogen-bond acceptors (Lipinski definition) is 4. The van der Waals surface area contributed by atoms with Gasteiger partial charge in [0.1, 0.15) is 0 Å². The first-order valence-electron chi connectivity index (χ1n) is 4.77. The lowest BCUT2D eigenvalue weighted by Gasteiger charge is -1.95. The fourth-order valence-corrected chi connectivity index (χ4v) is 0.758. The molecule has 4 heteroatoms. The molecule has 4 nitrogen and oxygen atoms in total. The second-order valence-corrected chi connectivity index (χ2v) is 2.90. The van der Waals surface area contributed by atoms with Crippen LogP contribution in [-0.4, -0.2) is 0 Å². The summed E-state index contributed by atoms with van der Waals surface area (Å²) in [6.07, 6.45) is 2.74. The zero-order valence-corrected chi connectivity index (χ0v) is 9.27. The Balaban J connectivity index is 0.000000583. The summed E-state index contributed by atoms with van der Waals surface area (Å²) in [4.78, 5) is 4.76. The molecule has 0 aliphatic rings.